The zero-order chi connectivity index (χ0) is 14.6. The molecule has 0 aliphatic rings. The molecule has 1 aromatic rings. The predicted octanol–water partition coefficient (Wildman–Crippen LogP) is 3.07. The van der Waals surface area contributed by atoms with Gasteiger partial charge < -0.3 is 14.8 Å². The Labute approximate surface area is 115 Å². The van der Waals surface area contributed by atoms with Crippen LogP contribution in [-0.4, -0.2) is 25.2 Å². The van der Waals surface area contributed by atoms with Crippen molar-refractivity contribution in [3.05, 3.63) is 23.3 Å². The molecule has 0 saturated carbocycles. The van der Waals surface area contributed by atoms with Gasteiger partial charge in [-0.25, -0.2) is 0 Å². The molecule has 4 heteroatoms. The summed E-state index contributed by atoms with van der Waals surface area (Å²) in [5.74, 6) is 0.695. The van der Waals surface area contributed by atoms with Gasteiger partial charge in [-0.15, -0.1) is 0 Å². The maximum absolute atomic E-state index is 12.1. The molecule has 0 atom stereocenters. The predicted molar refractivity (Wildman–Crippen MR) is 76.8 cm³/mol. The molecule has 0 saturated heterocycles. The molecule has 1 amide bonds. The van der Waals surface area contributed by atoms with E-state index in [9.17, 15) is 4.79 Å². The number of aryl methyl sites for hydroxylation is 2. The second-order valence-electron chi connectivity index (χ2n) is 5.04. The van der Waals surface area contributed by atoms with Crippen LogP contribution < -0.4 is 10.1 Å². The van der Waals surface area contributed by atoms with Crippen molar-refractivity contribution in [2.24, 2.45) is 0 Å². The quantitative estimate of drug-likeness (QED) is 0.890. The normalized spacial score (nSPS) is 11.3. The van der Waals surface area contributed by atoms with Crippen molar-refractivity contribution in [2.45, 2.75) is 40.2 Å². The van der Waals surface area contributed by atoms with E-state index in [1.54, 1.807) is 21.0 Å². The number of ether oxygens (including phenoxy) is 2. The first-order chi connectivity index (χ1) is 8.81. The fourth-order valence-corrected chi connectivity index (χ4v) is 2.05. The zero-order valence-electron chi connectivity index (χ0n) is 12.6. The van der Waals surface area contributed by atoms with E-state index in [1.165, 1.54) is 0 Å². The number of methoxy groups -OCH3 is 1. The largest absolute Gasteiger partial charge is 0.496 e. The molecule has 1 N–H and O–H groups in total. The lowest BCUT2D eigenvalue weighted by Gasteiger charge is -2.23. The minimum absolute atomic E-state index is 0.154. The van der Waals surface area contributed by atoms with Crippen molar-refractivity contribution in [1.82, 2.24) is 0 Å². The Morgan fingerprint density at radius 2 is 1.79 bits per heavy atom. The number of hydrogen-bond acceptors (Lipinski definition) is 3. The minimum Gasteiger partial charge on any atom is -0.496 e. The van der Waals surface area contributed by atoms with Crippen LogP contribution >= 0.6 is 0 Å². The van der Waals surface area contributed by atoms with Gasteiger partial charge in [0.15, 0.2) is 0 Å². The summed E-state index contributed by atoms with van der Waals surface area (Å²) in [6, 6.07) is 3.79. The summed E-state index contributed by atoms with van der Waals surface area (Å²) in [6.45, 7) is 9.80. The van der Waals surface area contributed by atoms with Crippen molar-refractivity contribution in [1.29, 1.82) is 0 Å². The lowest BCUT2D eigenvalue weighted by molar-refractivity contribution is -0.136. The van der Waals surface area contributed by atoms with Gasteiger partial charge in [0.25, 0.3) is 5.91 Å². The number of carbonyl (C=O) groups excluding carboxylic acids is 1. The lowest BCUT2D eigenvalue weighted by atomic mass is 10.1. The Bertz CT molecular complexity index is 443. The number of carbonyl (C=O) groups is 1. The summed E-state index contributed by atoms with van der Waals surface area (Å²) in [5.41, 5.74) is 1.91. The average molecular weight is 265 g/mol. The molecule has 0 bridgehead atoms. The van der Waals surface area contributed by atoms with E-state index in [2.05, 4.69) is 5.32 Å². The van der Waals surface area contributed by atoms with Crippen molar-refractivity contribution in [2.75, 3.05) is 19.0 Å². The molecule has 0 fully saturated rings. The standard InChI is InChI=1S/C15H23NO3/c1-7-19-15(4,5)14(17)16-12-8-10(2)13(18-6)11(3)9-12/h8-9H,7H2,1-6H3,(H,16,17). The van der Waals surface area contributed by atoms with Crippen LogP contribution in [0, 0.1) is 13.8 Å². The van der Waals surface area contributed by atoms with Gasteiger partial charge in [-0.3, -0.25) is 4.79 Å². The maximum Gasteiger partial charge on any atom is 0.256 e. The second kappa shape index (κ2) is 6.06. The Balaban J connectivity index is 2.92. The van der Waals surface area contributed by atoms with Crippen LogP contribution in [0.3, 0.4) is 0 Å². The van der Waals surface area contributed by atoms with Crippen molar-refractivity contribution >= 4 is 11.6 Å². The SMILES string of the molecule is CCOC(C)(C)C(=O)Nc1cc(C)c(OC)c(C)c1. The van der Waals surface area contributed by atoms with E-state index in [4.69, 9.17) is 9.47 Å². The molecule has 0 aliphatic carbocycles. The first kappa shape index (κ1) is 15.5. The summed E-state index contributed by atoms with van der Waals surface area (Å²) in [7, 11) is 1.64. The molecule has 0 unspecified atom stereocenters. The van der Waals surface area contributed by atoms with E-state index in [0.29, 0.717) is 6.61 Å². The van der Waals surface area contributed by atoms with Gasteiger partial charge in [-0.2, -0.15) is 0 Å². The number of anilines is 1. The van der Waals surface area contributed by atoms with Crippen LogP contribution in [0.5, 0.6) is 5.75 Å². The van der Waals surface area contributed by atoms with Crippen LogP contribution in [0.25, 0.3) is 0 Å². The Kier molecular flexibility index (Phi) is 4.95. The third-order valence-electron chi connectivity index (χ3n) is 2.97. The third-order valence-corrected chi connectivity index (χ3v) is 2.97. The van der Waals surface area contributed by atoms with Crippen LogP contribution in [0.1, 0.15) is 31.9 Å². The highest BCUT2D eigenvalue weighted by atomic mass is 16.5. The highest BCUT2D eigenvalue weighted by Crippen LogP contribution is 2.27. The molecule has 0 aromatic heterocycles. The molecular formula is C15H23NO3. The number of amides is 1. The summed E-state index contributed by atoms with van der Waals surface area (Å²) < 4.78 is 10.7. The van der Waals surface area contributed by atoms with E-state index in [-0.39, 0.29) is 5.91 Å². The van der Waals surface area contributed by atoms with E-state index >= 15 is 0 Å². The van der Waals surface area contributed by atoms with Gasteiger partial charge in [-0.1, -0.05) is 0 Å². The van der Waals surface area contributed by atoms with Crippen LogP contribution in [0.15, 0.2) is 12.1 Å². The summed E-state index contributed by atoms with van der Waals surface area (Å²) >= 11 is 0. The molecule has 1 rings (SSSR count). The topological polar surface area (TPSA) is 47.6 Å². The Morgan fingerprint density at radius 1 is 1.26 bits per heavy atom. The van der Waals surface area contributed by atoms with Gasteiger partial charge in [0, 0.05) is 12.3 Å². The highest BCUT2D eigenvalue weighted by Gasteiger charge is 2.28. The number of rotatable bonds is 5. The first-order valence-corrected chi connectivity index (χ1v) is 6.42. The molecule has 0 heterocycles. The monoisotopic (exact) mass is 265 g/mol. The molecule has 19 heavy (non-hydrogen) atoms. The van der Waals surface area contributed by atoms with Crippen molar-refractivity contribution in [3.8, 4) is 5.75 Å². The van der Waals surface area contributed by atoms with Crippen LogP contribution in [-0.2, 0) is 9.53 Å². The highest BCUT2D eigenvalue weighted by molar-refractivity contribution is 5.97. The summed E-state index contributed by atoms with van der Waals surface area (Å²) in [5, 5.41) is 2.88. The zero-order valence-corrected chi connectivity index (χ0v) is 12.6. The van der Waals surface area contributed by atoms with Gasteiger partial charge in [-0.05, 0) is 57.9 Å². The van der Waals surface area contributed by atoms with E-state index in [0.717, 1.165) is 22.6 Å². The van der Waals surface area contributed by atoms with Crippen molar-refractivity contribution in [3.63, 3.8) is 0 Å². The molecule has 1 aromatic carbocycles. The summed E-state index contributed by atoms with van der Waals surface area (Å²) in [6.07, 6.45) is 0. The van der Waals surface area contributed by atoms with Crippen LogP contribution in [0.2, 0.25) is 0 Å². The molecule has 0 spiro atoms. The molecule has 106 valence electrons. The molecule has 4 nitrogen and oxygen atoms in total. The number of nitrogens with one attached hydrogen (secondary N) is 1. The van der Waals surface area contributed by atoms with Gasteiger partial charge in [0.2, 0.25) is 0 Å². The fourth-order valence-electron chi connectivity index (χ4n) is 2.05. The van der Waals surface area contributed by atoms with E-state index in [1.807, 2.05) is 32.9 Å². The van der Waals surface area contributed by atoms with Crippen LogP contribution in [0.4, 0.5) is 5.69 Å². The molecule has 0 radical (unpaired) electrons. The van der Waals surface area contributed by atoms with Crippen molar-refractivity contribution < 1.29 is 14.3 Å². The lowest BCUT2D eigenvalue weighted by Crippen LogP contribution is -2.39. The third kappa shape index (κ3) is 3.70. The number of hydrogen-bond donors (Lipinski definition) is 1. The second-order valence-corrected chi connectivity index (χ2v) is 5.04. The minimum atomic E-state index is -0.837. The molecule has 0 aliphatic heterocycles. The number of benzene rings is 1. The Hall–Kier alpha value is -1.55. The fraction of sp³-hybridized carbons (Fsp3) is 0.533. The maximum atomic E-state index is 12.1. The van der Waals surface area contributed by atoms with Gasteiger partial charge in [0.05, 0.1) is 7.11 Å². The smallest absolute Gasteiger partial charge is 0.256 e. The first-order valence-electron chi connectivity index (χ1n) is 6.42. The van der Waals surface area contributed by atoms with E-state index < -0.39 is 5.60 Å². The van der Waals surface area contributed by atoms with Gasteiger partial charge >= 0.3 is 0 Å². The average Bonchev–Trinajstić information content (AvgIpc) is 2.28. The van der Waals surface area contributed by atoms with Gasteiger partial charge in [0.1, 0.15) is 11.4 Å². The summed E-state index contributed by atoms with van der Waals surface area (Å²) in [4.78, 5) is 12.1. The Morgan fingerprint density at radius 3 is 2.21 bits per heavy atom. The molecular weight excluding hydrogens is 242 g/mol.